The summed E-state index contributed by atoms with van der Waals surface area (Å²) in [7, 11) is 0. The summed E-state index contributed by atoms with van der Waals surface area (Å²) < 4.78 is 12.7. The molecule has 0 aliphatic carbocycles. The molecule has 12 heavy (non-hydrogen) atoms. The topological polar surface area (TPSA) is 15.3 Å². The summed E-state index contributed by atoms with van der Waals surface area (Å²) in [5.41, 5.74) is 3.26. The van der Waals surface area contributed by atoms with Crippen LogP contribution in [0.15, 0.2) is 43.0 Å². The van der Waals surface area contributed by atoms with Gasteiger partial charge in [0.2, 0.25) is 0 Å². The van der Waals surface area contributed by atoms with Crippen molar-refractivity contribution < 1.29 is 4.48 Å². The Morgan fingerprint density at radius 1 is 1.42 bits per heavy atom. The lowest BCUT2D eigenvalue weighted by molar-refractivity contribution is 0.0743. The van der Waals surface area contributed by atoms with Crippen LogP contribution in [0.3, 0.4) is 0 Å². The first-order valence-electron chi connectivity index (χ1n) is 3.69. The molecule has 1 rings (SSSR count). The second kappa shape index (κ2) is 4.51. The average Bonchev–Trinajstić information content (AvgIpc) is 2.06. The van der Waals surface area contributed by atoms with Crippen molar-refractivity contribution in [3.8, 4) is 0 Å². The normalized spacial score (nSPS) is 9.83. The second-order valence-corrected chi connectivity index (χ2v) is 2.31. The van der Waals surface area contributed by atoms with Crippen molar-refractivity contribution in [1.29, 1.82) is 0 Å². The van der Waals surface area contributed by atoms with Crippen molar-refractivity contribution in [2.24, 2.45) is 0 Å². The van der Waals surface area contributed by atoms with Gasteiger partial charge in [-0.25, -0.2) is 0 Å². The van der Waals surface area contributed by atoms with E-state index in [1.54, 1.807) is 12.1 Å². The Bertz CT molecular complexity index is 236. The summed E-state index contributed by atoms with van der Waals surface area (Å²) in [5.74, 6) is 0. The van der Waals surface area contributed by atoms with Gasteiger partial charge in [0.15, 0.2) is 0 Å². The smallest absolute Gasteiger partial charge is 0.0682 e. The third-order valence-electron chi connectivity index (χ3n) is 1.31. The first-order valence-corrected chi connectivity index (χ1v) is 3.69. The van der Waals surface area contributed by atoms with Gasteiger partial charge in [0.25, 0.3) is 0 Å². The zero-order valence-corrected chi connectivity index (χ0v) is 6.70. The van der Waals surface area contributed by atoms with E-state index in [1.165, 1.54) is 6.08 Å². The van der Waals surface area contributed by atoms with Gasteiger partial charge < -0.3 is 0 Å². The number of nitrogens with one attached hydrogen (secondary N) is 1. The third-order valence-corrected chi connectivity index (χ3v) is 1.31. The molecule has 0 bridgehead atoms. The molecule has 0 aliphatic rings. The summed E-state index contributed by atoms with van der Waals surface area (Å²) in [4.78, 5) is 0. The maximum Gasteiger partial charge on any atom is 0.0682 e. The van der Waals surface area contributed by atoms with Crippen LogP contribution in [0.25, 0.3) is 0 Å². The van der Waals surface area contributed by atoms with Gasteiger partial charge in [-0.15, -0.1) is 11.1 Å². The molecule has 0 radical (unpaired) electrons. The molecular weight excluding hydrogens is 155 g/mol. The summed E-state index contributed by atoms with van der Waals surface area (Å²) in [6.07, 6.45) is 1.48. The van der Waals surface area contributed by atoms with E-state index in [9.17, 15) is 4.48 Å². The number of hydrazine groups is 1. The highest BCUT2D eigenvalue weighted by molar-refractivity contribution is 5.41. The van der Waals surface area contributed by atoms with Crippen molar-refractivity contribution >= 4 is 5.69 Å². The summed E-state index contributed by atoms with van der Waals surface area (Å²) in [5, 5.41) is 0.475. The summed E-state index contributed by atoms with van der Waals surface area (Å²) in [6, 6.07) is 9.13. The summed E-state index contributed by atoms with van der Waals surface area (Å²) >= 11 is 0. The molecule has 0 aliphatic heterocycles. The van der Waals surface area contributed by atoms with Crippen LogP contribution in [0.5, 0.6) is 0 Å². The van der Waals surface area contributed by atoms with E-state index in [0.717, 1.165) is 5.69 Å². The lowest BCUT2D eigenvalue weighted by Gasteiger charge is -2.11. The SMILES string of the molecule is C=CCN(F)Nc1ccccc1. The molecule has 0 amide bonds. The standard InChI is InChI=1S/C9H11FN2/c1-2-8-12(10)11-9-6-4-3-5-7-9/h2-7,11H,1,8H2. The number of halogens is 1. The van der Waals surface area contributed by atoms with Crippen molar-refractivity contribution in [1.82, 2.24) is 5.23 Å². The molecular formula is C9H11FN2. The second-order valence-electron chi connectivity index (χ2n) is 2.31. The Hall–Kier alpha value is -1.35. The molecule has 1 N–H and O–H groups in total. The van der Waals surface area contributed by atoms with E-state index >= 15 is 0 Å². The maximum absolute atomic E-state index is 12.7. The zero-order chi connectivity index (χ0) is 8.81. The van der Waals surface area contributed by atoms with Crippen molar-refractivity contribution in [2.75, 3.05) is 12.0 Å². The van der Waals surface area contributed by atoms with E-state index in [1.807, 2.05) is 18.2 Å². The van der Waals surface area contributed by atoms with Gasteiger partial charge in [-0.2, -0.15) is 0 Å². The molecule has 0 fully saturated rings. The number of nitrogens with zero attached hydrogens (tertiary/aromatic N) is 1. The number of anilines is 1. The fraction of sp³-hybridized carbons (Fsp3) is 0.111. The predicted molar refractivity (Wildman–Crippen MR) is 48.1 cm³/mol. The monoisotopic (exact) mass is 166 g/mol. The van der Waals surface area contributed by atoms with Gasteiger partial charge in [-0.3, -0.25) is 5.43 Å². The van der Waals surface area contributed by atoms with Gasteiger partial charge in [0.05, 0.1) is 12.2 Å². The highest BCUT2D eigenvalue weighted by Gasteiger charge is 1.97. The van der Waals surface area contributed by atoms with Crippen LogP contribution in [0.1, 0.15) is 0 Å². The lowest BCUT2D eigenvalue weighted by Crippen LogP contribution is -2.20. The zero-order valence-electron chi connectivity index (χ0n) is 6.70. The van der Waals surface area contributed by atoms with Crippen LogP contribution in [0.4, 0.5) is 10.2 Å². The number of para-hydroxylation sites is 1. The predicted octanol–water partition coefficient (Wildman–Crippen LogP) is 2.39. The average molecular weight is 166 g/mol. The third kappa shape index (κ3) is 2.72. The van der Waals surface area contributed by atoms with Crippen LogP contribution >= 0.6 is 0 Å². The van der Waals surface area contributed by atoms with Gasteiger partial charge in [0.1, 0.15) is 0 Å². The molecule has 64 valence electrons. The highest BCUT2D eigenvalue weighted by Crippen LogP contribution is 2.06. The summed E-state index contributed by atoms with van der Waals surface area (Å²) in [6.45, 7) is 3.58. The maximum atomic E-state index is 12.7. The Balaban J connectivity index is 2.46. The minimum absolute atomic E-state index is 0.162. The van der Waals surface area contributed by atoms with Gasteiger partial charge >= 0.3 is 0 Å². The first-order chi connectivity index (χ1) is 5.83. The number of benzene rings is 1. The van der Waals surface area contributed by atoms with E-state index in [-0.39, 0.29) is 6.54 Å². The van der Waals surface area contributed by atoms with E-state index in [2.05, 4.69) is 12.0 Å². The van der Waals surface area contributed by atoms with Crippen LogP contribution < -0.4 is 5.43 Å². The number of hydrogen-bond acceptors (Lipinski definition) is 2. The van der Waals surface area contributed by atoms with Crippen molar-refractivity contribution in [3.05, 3.63) is 43.0 Å². The molecule has 0 spiro atoms. The molecule has 0 saturated carbocycles. The van der Waals surface area contributed by atoms with E-state index in [4.69, 9.17) is 0 Å². The fourth-order valence-electron chi connectivity index (χ4n) is 0.812. The van der Waals surface area contributed by atoms with Crippen molar-refractivity contribution in [3.63, 3.8) is 0 Å². The molecule has 3 heteroatoms. The Kier molecular flexibility index (Phi) is 3.29. The molecule has 1 aromatic carbocycles. The van der Waals surface area contributed by atoms with Gasteiger partial charge in [-0.1, -0.05) is 29.5 Å². The molecule has 0 heterocycles. The number of hydrogen-bond donors (Lipinski definition) is 1. The number of rotatable bonds is 4. The van der Waals surface area contributed by atoms with Crippen LogP contribution in [-0.2, 0) is 0 Å². The molecule has 1 aromatic rings. The van der Waals surface area contributed by atoms with Crippen LogP contribution in [0.2, 0.25) is 0 Å². The minimum atomic E-state index is 0.162. The van der Waals surface area contributed by atoms with E-state index in [0.29, 0.717) is 5.23 Å². The lowest BCUT2D eigenvalue weighted by atomic mass is 10.3. The molecule has 0 unspecified atom stereocenters. The Morgan fingerprint density at radius 3 is 2.67 bits per heavy atom. The Morgan fingerprint density at radius 2 is 2.08 bits per heavy atom. The molecule has 0 atom stereocenters. The van der Waals surface area contributed by atoms with E-state index < -0.39 is 0 Å². The minimum Gasteiger partial charge on any atom is -0.292 e. The fourth-order valence-corrected chi connectivity index (χ4v) is 0.812. The van der Waals surface area contributed by atoms with Crippen LogP contribution in [-0.4, -0.2) is 11.8 Å². The largest absolute Gasteiger partial charge is 0.292 e. The van der Waals surface area contributed by atoms with Crippen LogP contribution in [0, 0.1) is 0 Å². The molecule has 0 saturated heterocycles. The Labute approximate surface area is 71.2 Å². The first kappa shape index (κ1) is 8.74. The van der Waals surface area contributed by atoms with Gasteiger partial charge in [-0.05, 0) is 12.1 Å². The highest BCUT2D eigenvalue weighted by atomic mass is 19.2. The van der Waals surface area contributed by atoms with Gasteiger partial charge in [0, 0.05) is 0 Å². The quantitative estimate of drug-likeness (QED) is 0.419. The van der Waals surface area contributed by atoms with Crippen molar-refractivity contribution in [2.45, 2.75) is 0 Å². The molecule has 0 aromatic heterocycles. The molecule has 2 nitrogen and oxygen atoms in total.